The third kappa shape index (κ3) is 1.74. The van der Waals surface area contributed by atoms with Gasteiger partial charge in [0.1, 0.15) is 0 Å². The third-order valence-electron chi connectivity index (χ3n) is 2.09. The summed E-state index contributed by atoms with van der Waals surface area (Å²) in [6, 6.07) is 0. The number of thiazole rings is 1. The molecular formula is C10H8N2O3S. The Hall–Kier alpha value is -1.95. The van der Waals surface area contributed by atoms with Crippen LogP contribution in [0.5, 0.6) is 0 Å². The fourth-order valence-electron chi connectivity index (χ4n) is 1.34. The molecule has 0 unspecified atom stereocenters. The highest BCUT2D eigenvalue weighted by Gasteiger charge is 2.09. The van der Waals surface area contributed by atoms with Crippen molar-refractivity contribution < 1.29 is 14.7 Å². The maximum atomic E-state index is 10.9. The molecule has 0 bridgehead atoms. The van der Waals surface area contributed by atoms with Crippen molar-refractivity contribution in [3.63, 3.8) is 0 Å². The first kappa shape index (κ1) is 10.6. The highest BCUT2D eigenvalue weighted by Crippen LogP contribution is 2.17. The summed E-state index contributed by atoms with van der Waals surface area (Å²) in [5.41, 5.74) is 1.49. The lowest BCUT2D eigenvalue weighted by Crippen LogP contribution is -2.08. The smallest absolute Gasteiger partial charge is 0.376 e. The summed E-state index contributed by atoms with van der Waals surface area (Å²) in [6.07, 6.45) is 4.33. The van der Waals surface area contributed by atoms with Crippen LogP contribution in [0.4, 0.5) is 0 Å². The summed E-state index contributed by atoms with van der Waals surface area (Å²) in [5, 5.41) is 10.3. The minimum atomic E-state index is -1.46. The fraction of sp³-hybridized carbons (Fsp3) is 0.100. The van der Waals surface area contributed by atoms with Gasteiger partial charge in [-0.3, -0.25) is 9.20 Å². The summed E-state index contributed by atoms with van der Waals surface area (Å²) in [6.45, 7) is 1.81. The standard InChI is InChI=1S/C10H8N2O3S/c1-6-7(2-3-8(13)9(14)15)12-4-5-16-10(12)11-6/h2-5H,1H3,(H,14,15)/b3-2+. The van der Waals surface area contributed by atoms with Crippen molar-refractivity contribution in [2.24, 2.45) is 0 Å². The molecule has 5 nitrogen and oxygen atoms in total. The van der Waals surface area contributed by atoms with E-state index in [4.69, 9.17) is 5.11 Å². The number of fused-ring (bicyclic) bond motifs is 1. The molecule has 0 aromatic carbocycles. The number of aliphatic carboxylic acids is 1. The Kier molecular flexibility index (Phi) is 2.57. The van der Waals surface area contributed by atoms with E-state index >= 15 is 0 Å². The maximum Gasteiger partial charge on any atom is 0.376 e. The minimum absolute atomic E-state index is 0.728. The molecule has 0 atom stereocenters. The fourth-order valence-corrected chi connectivity index (χ4v) is 2.10. The quantitative estimate of drug-likeness (QED) is 0.645. The molecular weight excluding hydrogens is 228 g/mol. The van der Waals surface area contributed by atoms with Crippen molar-refractivity contribution in [1.82, 2.24) is 9.38 Å². The number of carboxylic acid groups (broad SMARTS) is 1. The molecule has 2 aromatic heterocycles. The summed E-state index contributed by atoms with van der Waals surface area (Å²) in [4.78, 5) is 26.3. The van der Waals surface area contributed by atoms with Crippen LogP contribution in [0.15, 0.2) is 17.7 Å². The second kappa shape index (κ2) is 3.90. The van der Waals surface area contributed by atoms with E-state index in [9.17, 15) is 9.59 Å². The molecule has 16 heavy (non-hydrogen) atoms. The molecule has 6 heteroatoms. The normalized spacial score (nSPS) is 11.3. The number of hydrogen-bond donors (Lipinski definition) is 1. The van der Waals surface area contributed by atoms with Crippen LogP contribution in [0.25, 0.3) is 11.0 Å². The summed E-state index contributed by atoms with van der Waals surface area (Å²) >= 11 is 1.48. The van der Waals surface area contributed by atoms with E-state index in [1.54, 1.807) is 0 Å². The Labute approximate surface area is 94.7 Å². The van der Waals surface area contributed by atoms with Crippen molar-refractivity contribution in [3.05, 3.63) is 29.0 Å². The molecule has 0 saturated heterocycles. The Morgan fingerprint density at radius 1 is 1.56 bits per heavy atom. The molecule has 1 N–H and O–H groups in total. The lowest BCUT2D eigenvalue weighted by Gasteiger charge is -1.91. The second-order valence-electron chi connectivity index (χ2n) is 3.14. The first-order chi connectivity index (χ1) is 7.59. The molecule has 2 rings (SSSR count). The predicted molar refractivity (Wildman–Crippen MR) is 59.5 cm³/mol. The summed E-state index contributed by atoms with van der Waals surface area (Å²) in [7, 11) is 0. The van der Waals surface area contributed by atoms with Crippen molar-refractivity contribution in [1.29, 1.82) is 0 Å². The molecule has 0 aliphatic rings. The van der Waals surface area contributed by atoms with Crippen molar-refractivity contribution in [2.75, 3.05) is 0 Å². The number of nitrogens with zero attached hydrogens (tertiary/aromatic N) is 2. The van der Waals surface area contributed by atoms with Crippen molar-refractivity contribution >= 4 is 34.1 Å². The average Bonchev–Trinajstić information content (AvgIpc) is 2.75. The number of ketones is 1. The first-order valence-corrected chi connectivity index (χ1v) is 5.35. The van der Waals surface area contributed by atoms with Gasteiger partial charge in [-0.2, -0.15) is 0 Å². The molecule has 0 amide bonds. The van der Waals surface area contributed by atoms with Gasteiger partial charge in [-0.15, -0.1) is 11.3 Å². The molecule has 0 spiro atoms. The number of carbonyl (C=O) groups excluding carboxylic acids is 1. The van der Waals surface area contributed by atoms with E-state index in [0.29, 0.717) is 0 Å². The van der Waals surface area contributed by atoms with Gasteiger partial charge in [-0.05, 0) is 19.1 Å². The van der Waals surface area contributed by atoms with Gasteiger partial charge in [0.2, 0.25) is 0 Å². The number of imidazole rings is 1. The van der Waals surface area contributed by atoms with E-state index in [1.165, 1.54) is 17.4 Å². The van der Waals surface area contributed by atoms with Gasteiger partial charge in [-0.1, -0.05) is 0 Å². The van der Waals surface area contributed by atoms with Crippen LogP contribution >= 0.6 is 11.3 Å². The highest BCUT2D eigenvalue weighted by atomic mass is 32.1. The maximum absolute atomic E-state index is 10.9. The minimum Gasteiger partial charge on any atom is -0.475 e. The predicted octanol–water partition coefficient (Wildman–Crippen LogP) is 1.37. The second-order valence-corrected chi connectivity index (χ2v) is 4.01. The Morgan fingerprint density at radius 2 is 2.31 bits per heavy atom. The SMILES string of the molecule is Cc1nc2sccn2c1/C=C/C(=O)C(=O)O. The average molecular weight is 236 g/mol. The van der Waals surface area contributed by atoms with Gasteiger partial charge in [0.15, 0.2) is 4.96 Å². The van der Waals surface area contributed by atoms with Crippen LogP contribution in [0.3, 0.4) is 0 Å². The number of hydrogen-bond acceptors (Lipinski definition) is 4. The monoisotopic (exact) mass is 236 g/mol. The highest BCUT2D eigenvalue weighted by molar-refractivity contribution is 7.15. The largest absolute Gasteiger partial charge is 0.475 e. The van der Waals surface area contributed by atoms with Crippen molar-refractivity contribution in [3.8, 4) is 0 Å². The van der Waals surface area contributed by atoms with Crippen LogP contribution in [-0.2, 0) is 9.59 Å². The van der Waals surface area contributed by atoms with E-state index in [1.807, 2.05) is 22.9 Å². The van der Waals surface area contributed by atoms with Crippen LogP contribution in [0, 0.1) is 6.92 Å². The van der Waals surface area contributed by atoms with E-state index < -0.39 is 11.8 Å². The van der Waals surface area contributed by atoms with E-state index in [0.717, 1.165) is 22.4 Å². The van der Waals surface area contributed by atoms with E-state index in [2.05, 4.69) is 4.98 Å². The van der Waals surface area contributed by atoms with Gasteiger partial charge < -0.3 is 5.11 Å². The van der Waals surface area contributed by atoms with Crippen LogP contribution in [-0.4, -0.2) is 26.2 Å². The van der Waals surface area contributed by atoms with Crippen LogP contribution < -0.4 is 0 Å². The Bertz CT molecular complexity index is 594. The number of aromatic nitrogens is 2. The Balaban J connectivity index is 2.40. The number of rotatable bonds is 3. The molecule has 0 aliphatic carbocycles. The molecule has 0 aliphatic heterocycles. The van der Waals surface area contributed by atoms with E-state index in [-0.39, 0.29) is 0 Å². The number of aryl methyl sites for hydroxylation is 1. The van der Waals surface area contributed by atoms with Gasteiger partial charge in [0, 0.05) is 11.6 Å². The molecule has 2 heterocycles. The van der Waals surface area contributed by atoms with Crippen molar-refractivity contribution in [2.45, 2.75) is 6.92 Å². The molecule has 82 valence electrons. The van der Waals surface area contributed by atoms with Gasteiger partial charge in [0.25, 0.3) is 5.78 Å². The van der Waals surface area contributed by atoms with Gasteiger partial charge >= 0.3 is 5.97 Å². The number of carboxylic acids is 1. The molecule has 0 saturated carbocycles. The van der Waals surface area contributed by atoms with Crippen LogP contribution in [0.2, 0.25) is 0 Å². The number of carbonyl (C=O) groups is 2. The lowest BCUT2D eigenvalue weighted by molar-refractivity contribution is -0.146. The Morgan fingerprint density at radius 3 is 3.00 bits per heavy atom. The molecule has 2 aromatic rings. The van der Waals surface area contributed by atoms with Gasteiger partial charge in [-0.25, -0.2) is 9.78 Å². The van der Waals surface area contributed by atoms with Gasteiger partial charge in [0.05, 0.1) is 11.4 Å². The summed E-state index contributed by atoms with van der Waals surface area (Å²) < 4.78 is 1.81. The van der Waals surface area contributed by atoms with Crippen LogP contribution in [0.1, 0.15) is 11.4 Å². The lowest BCUT2D eigenvalue weighted by atomic mass is 10.3. The zero-order chi connectivity index (χ0) is 11.7. The molecule has 0 radical (unpaired) electrons. The topological polar surface area (TPSA) is 71.7 Å². The summed E-state index contributed by atoms with van der Waals surface area (Å²) in [5.74, 6) is -2.40. The zero-order valence-corrected chi connectivity index (χ0v) is 9.19. The zero-order valence-electron chi connectivity index (χ0n) is 8.38. The first-order valence-electron chi connectivity index (χ1n) is 4.47. The third-order valence-corrected chi connectivity index (χ3v) is 2.84. The molecule has 0 fully saturated rings.